The van der Waals surface area contributed by atoms with Crippen molar-refractivity contribution in [3.8, 4) is 0 Å². The highest BCUT2D eigenvalue weighted by Gasteiger charge is 2.00. The normalized spacial score (nSPS) is 10.2. The summed E-state index contributed by atoms with van der Waals surface area (Å²) in [6, 6.07) is 6.42. The van der Waals surface area contributed by atoms with Crippen LogP contribution in [-0.2, 0) is 11.8 Å². The third-order valence-electron chi connectivity index (χ3n) is 1.68. The number of hydrogen-bond acceptors (Lipinski definition) is 0. The zero-order valence-electron chi connectivity index (χ0n) is 6.49. The topological polar surface area (TPSA) is 0 Å². The summed E-state index contributed by atoms with van der Waals surface area (Å²) in [6.07, 6.45) is 1.09. The van der Waals surface area contributed by atoms with E-state index in [9.17, 15) is 0 Å². The van der Waals surface area contributed by atoms with Crippen LogP contribution in [0.3, 0.4) is 0 Å². The predicted molar refractivity (Wildman–Crippen MR) is 64.3 cm³/mol. The minimum Gasteiger partial charge on any atom is -0.0924 e. The Labute approximate surface area is 98.1 Å². The van der Waals surface area contributed by atoms with E-state index in [0.717, 1.165) is 21.6 Å². The van der Waals surface area contributed by atoms with Gasteiger partial charge in [0, 0.05) is 15.1 Å². The number of rotatable bonds is 3. The molecule has 0 unspecified atom stereocenters. The van der Waals surface area contributed by atoms with E-state index in [2.05, 4.69) is 66.0 Å². The molecule has 1 rings (SSSR count). The summed E-state index contributed by atoms with van der Waals surface area (Å²) in [7, 11) is 0. The third kappa shape index (κ3) is 2.86. The second-order valence-electron chi connectivity index (χ2n) is 2.49. The first-order chi connectivity index (χ1) is 5.77. The fraction of sp³-hybridized carbons (Fsp3) is 0.333. The van der Waals surface area contributed by atoms with Gasteiger partial charge < -0.3 is 0 Å². The van der Waals surface area contributed by atoms with Crippen LogP contribution in [0.15, 0.2) is 22.7 Å². The molecule has 66 valence electrons. The van der Waals surface area contributed by atoms with E-state index in [1.807, 2.05) is 0 Å². The van der Waals surface area contributed by atoms with E-state index in [-0.39, 0.29) is 0 Å². The van der Waals surface area contributed by atoms with Crippen molar-refractivity contribution in [1.29, 1.82) is 0 Å². The fourth-order valence-corrected chi connectivity index (χ4v) is 2.42. The van der Waals surface area contributed by atoms with Crippen LogP contribution in [0.1, 0.15) is 11.1 Å². The molecule has 0 aliphatic rings. The van der Waals surface area contributed by atoms with Gasteiger partial charge in [0.2, 0.25) is 0 Å². The lowest BCUT2D eigenvalue weighted by atomic mass is 10.1. The Balaban J connectivity index is 2.94. The summed E-state index contributed by atoms with van der Waals surface area (Å²) in [5.74, 6) is 0. The summed E-state index contributed by atoms with van der Waals surface area (Å²) in [5, 5.41) is 1.95. The third-order valence-corrected chi connectivity index (χ3v) is 3.17. The van der Waals surface area contributed by atoms with Crippen LogP contribution in [0.2, 0.25) is 0 Å². The summed E-state index contributed by atoms with van der Waals surface area (Å²) in [4.78, 5) is 0. The zero-order chi connectivity index (χ0) is 8.97. The molecule has 0 aromatic heterocycles. The number of hydrogen-bond donors (Lipinski definition) is 0. The van der Waals surface area contributed by atoms with Gasteiger partial charge in [-0.15, -0.1) is 0 Å². The molecule has 3 heteroatoms. The van der Waals surface area contributed by atoms with Crippen molar-refractivity contribution < 1.29 is 0 Å². The van der Waals surface area contributed by atoms with Crippen molar-refractivity contribution in [3.63, 3.8) is 0 Å². The van der Waals surface area contributed by atoms with Crippen molar-refractivity contribution >= 4 is 47.8 Å². The molecule has 0 fully saturated rings. The van der Waals surface area contributed by atoms with Gasteiger partial charge in [0.1, 0.15) is 0 Å². The lowest BCUT2D eigenvalue weighted by molar-refractivity contribution is 1.12. The van der Waals surface area contributed by atoms with Gasteiger partial charge in [-0.05, 0) is 29.7 Å². The van der Waals surface area contributed by atoms with Gasteiger partial charge in [0.05, 0.1) is 0 Å². The lowest BCUT2D eigenvalue weighted by Crippen LogP contribution is -1.92. The summed E-state index contributed by atoms with van der Waals surface area (Å²) in [5.41, 5.74) is 2.77. The van der Waals surface area contributed by atoms with Gasteiger partial charge in [-0.1, -0.05) is 53.9 Å². The standard InChI is InChI=1S/C9H9Br3/c10-4-3-7-1-2-9(12)5-8(7)6-11/h1-2,5H,3-4,6H2. The van der Waals surface area contributed by atoms with E-state index in [0.29, 0.717) is 0 Å². The van der Waals surface area contributed by atoms with Crippen LogP contribution < -0.4 is 0 Å². The largest absolute Gasteiger partial charge is 0.0924 e. The average Bonchev–Trinajstić information content (AvgIpc) is 2.08. The minimum atomic E-state index is 0.925. The van der Waals surface area contributed by atoms with Gasteiger partial charge in [0.25, 0.3) is 0 Å². The Kier molecular flexibility index (Phi) is 4.84. The van der Waals surface area contributed by atoms with Crippen molar-refractivity contribution in [1.82, 2.24) is 0 Å². The molecular weight excluding hydrogens is 348 g/mol. The summed E-state index contributed by atoms with van der Waals surface area (Å²) in [6.45, 7) is 0. The van der Waals surface area contributed by atoms with Gasteiger partial charge in [-0.25, -0.2) is 0 Å². The molecule has 0 spiro atoms. The van der Waals surface area contributed by atoms with E-state index < -0.39 is 0 Å². The van der Waals surface area contributed by atoms with Crippen LogP contribution in [0.5, 0.6) is 0 Å². The quantitative estimate of drug-likeness (QED) is 0.709. The first-order valence-electron chi connectivity index (χ1n) is 3.67. The Morgan fingerprint density at radius 1 is 1.08 bits per heavy atom. The lowest BCUT2D eigenvalue weighted by Gasteiger charge is -2.05. The van der Waals surface area contributed by atoms with Crippen LogP contribution >= 0.6 is 47.8 Å². The molecule has 0 amide bonds. The highest BCUT2D eigenvalue weighted by molar-refractivity contribution is 9.10. The minimum absolute atomic E-state index is 0.925. The van der Waals surface area contributed by atoms with E-state index in [4.69, 9.17) is 0 Å². The summed E-state index contributed by atoms with van der Waals surface area (Å²) >= 11 is 10.4. The summed E-state index contributed by atoms with van der Waals surface area (Å²) < 4.78 is 1.15. The Morgan fingerprint density at radius 2 is 1.83 bits per heavy atom. The Hall–Kier alpha value is 0.660. The highest BCUT2D eigenvalue weighted by atomic mass is 79.9. The zero-order valence-corrected chi connectivity index (χ0v) is 11.2. The fourth-order valence-electron chi connectivity index (χ4n) is 1.06. The Morgan fingerprint density at radius 3 is 2.42 bits per heavy atom. The molecule has 1 aromatic carbocycles. The molecule has 0 atom stereocenters. The first kappa shape index (κ1) is 10.7. The molecular formula is C9H9Br3. The highest BCUT2D eigenvalue weighted by Crippen LogP contribution is 2.19. The maximum absolute atomic E-state index is 3.48. The maximum atomic E-state index is 3.48. The maximum Gasteiger partial charge on any atom is 0.0286 e. The molecule has 0 nitrogen and oxygen atoms in total. The van der Waals surface area contributed by atoms with Crippen molar-refractivity contribution in [2.75, 3.05) is 5.33 Å². The number of halogens is 3. The molecule has 1 aromatic rings. The van der Waals surface area contributed by atoms with Gasteiger partial charge in [-0.2, -0.15) is 0 Å². The molecule has 0 heterocycles. The smallest absolute Gasteiger partial charge is 0.0286 e. The molecule has 0 saturated carbocycles. The van der Waals surface area contributed by atoms with Crippen molar-refractivity contribution in [3.05, 3.63) is 33.8 Å². The second kappa shape index (κ2) is 5.40. The Bertz CT molecular complexity index is 258. The molecule has 0 aliphatic carbocycles. The number of alkyl halides is 2. The van der Waals surface area contributed by atoms with Gasteiger partial charge in [-0.3, -0.25) is 0 Å². The van der Waals surface area contributed by atoms with Gasteiger partial charge in [0.15, 0.2) is 0 Å². The molecule has 12 heavy (non-hydrogen) atoms. The average molecular weight is 357 g/mol. The van der Waals surface area contributed by atoms with Crippen LogP contribution in [-0.4, -0.2) is 5.33 Å². The molecule has 0 saturated heterocycles. The molecule has 0 radical (unpaired) electrons. The first-order valence-corrected chi connectivity index (χ1v) is 6.70. The predicted octanol–water partition coefficient (Wildman–Crippen LogP) is 4.28. The molecule has 0 aliphatic heterocycles. The van der Waals surface area contributed by atoms with Gasteiger partial charge >= 0.3 is 0 Å². The van der Waals surface area contributed by atoms with Crippen LogP contribution in [0, 0.1) is 0 Å². The molecule has 0 bridgehead atoms. The van der Waals surface area contributed by atoms with E-state index in [1.54, 1.807) is 0 Å². The molecule has 0 N–H and O–H groups in total. The monoisotopic (exact) mass is 354 g/mol. The number of aryl methyl sites for hydroxylation is 1. The SMILES string of the molecule is BrCCc1ccc(Br)cc1CBr. The van der Waals surface area contributed by atoms with Crippen LogP contribution in [0.4, 0.5) is 0 Å². The van der Waals surface area contributed by atoms with Crippen LogP contribution in [0.25, 0.3) is 0 Å². The number of benzene rings is 1. The second-order valence-corrected chi connectivity index (χ2v) is 4.76. The van der Waals surface area contributed by atoms with E-state index in [1.165, 1.54) is 11.1 Å². The van der Waals surface area contributed by atoms with Crippen molar-refractivity contribution in [2.45, 2.75) is 11.8 Å². The van der Waals surface area contributed by atoms with E-state index >= 15 is 0 Å². The van der Waals surface area contributed by atoms with Crippen molar-refractivity contribution in [2.24, 2.45) is 0 Å².